The molecule has 0 saturated heterocycles. The van der Waals surface area contributed by atoms with Gasteiger partial charge in [0.15, 0.2) is 0 Å². The molecule has 1 amide bonds. The van der Waals surface area contributed by atoms with Crippen LogP contribution in [0.5, 0.6) is 0 Å². The third-order valence-corrected chi connectivity index (χ3v) is 4.58. The van der Waals surface area contributed by atoms with Gasteiger partial charge in [-0.1, -0.05) is 17.7 Å². The summed E-state index contributed by atoms with van der Waals surface area (Å²) >= 11 is 6.07. The molecule has 0 spiro atoms. The first-order chi connectivity index (χ1) is 12.7. The molecule has 1 aromatic heterocycles. The molecule has 3 aromatic rings. The molecule has 0 fully saturated rings. The van der Waals surface area contributed by atoms with Crippen molar-refractivity contribution < 1.29 is 13.2 Å². The van der Waals surface area contributed by atoms with Gasteiger partial charge in [0.1, 0.15) is 0 Å². The Morgan fingerprint density at radius 3 is 2.59 bits per heavy atom. The predicted octanol–water partition coefficient (Wildman–Crippen LogP) is 3.46. The van der Waals surface area contributed by atoms with Crippen LogP contribution >= 0.6 is 11.6 Å². The number of aromatic nitrogens is 2. The van der Waals surface area contributed by atoms with Crippen LogP contribution in [0, 0.1) is 6.92 Å². The number of benzene rings is 2. The van der Waals surface area contributed by atoms with Gasteiger partial charge < -0.3 is 5.32 Å². The molecular weight excluding hydrogens is 388 g/mol. The van der Waals surface area contributed by atoms with Gasteiger partial charge in [-0.05, 0) is 48.9 Å². The first-order valence-corrected chi connectivity index (χ1v) is 10.2. The molecular formula is C18H17ClN4O3S. The Kier molecular flexibility index (Phi) is 5.20. The van der Waals surface area contributed by atoms with Gasteiger partial charge in [0.25, 0.3) is 5.91 Å². The minimum atomic E-state index is -3.45. The van der Waals surface area contributed by atoms with Crippen LogP contribution in [0.3, 0.4) is 0 Å². The van der Waals surface area contributed by atoms with Gasteiger partial charge in [0.05, 0.1) is 23.3 Å². The summed E-state index contributed by atoms with van der Waals surface area (Å²) in [5, 5.41) is 7.43. The largest absolute Gasteiger partial charge is 0.320 e. The molecule has 3 rings (SSSR count). The molecule has 0 radical (unpaired) electrons. The fraction of sp³-hybridized carbons (Fsp3) is 0.111. The Bertz CT molecular complexity index is 1100. The number of carbonyl (C=O) groups is 1. The highest BCUT2D eigenvalue weighted by Gasteiger charge is 2.14. The molecule has 27 heavy (non-hydrogen) atoms. The molecule has 140 valence electrons. The molecule has 0 unspecified atom stereocenters. The van der Waals surface area contributed by atoms with Gasteiger partial charge in [0.2, 0.25) is 10.0 Å². The van der Waals surface area contributed by atoms with Crippen molar-refractivity contribution in [3.8, 4) is 5.69 Å². The number of nitrogens with zero attached hydrogens (tertiary/aromatic N) is 2. The topological polar surface area (TPSA) is 93.1 Å². The summed E-state index contributed by atoms with van der Waals surface area (Å²) in [6.07, 6.45) is 4.43. The van der Waals surface area contributed by atoms with Crippen LogP contribution in [-0.2, 0) is 10.0 Å². The third kappa shape index (κ3) is 4.66. The number of amides is 1. The van der Waals surface area contributed by atoms with E-state index in [0.717, 1.165) is 6.26 Å². The summed E-state index contributed by atoms with van der Waals surface area (Å²) in [5.74, 6) is -0.401. The minimum absolute atomic E-state index is 0.304. The SMILES string of the molecule is Cc1ccc(C(=O)Nc2cc(Cl)ccc2-n2cccn2)cc1NS(C)(=O)=O. The quantitative estimate of drug-likeness (QED) is 0.681. The minimum Gasteiger partial charge on any atom is -0.320 e. The second-order valence-electron chi connectivity index (χ2n) is 5.97. The maximum absolute atomic E-state index is 12.7. The van der Waals surface area contributed by atoms with Crippen molar-refractivity contribution in [1.29, 1.82) is 0 Å². The summed E-state index contributed by atoms with van der Waals surface area (Å²) in [4.78, 5) is 12.7. The zero-order valence-electron chi connectivity index (χ0n) is 14.6. The Hall–Kier alpha value is -2.84. The summed E-state index contributed by atoms with van der Waals surface area (Å²) in [6, 6.07) is 11.6. The van der Waals surface area contributed by atoms with Crippen LogP contribution in [-0.4, -0.2) is 30.4 Å². The highest BCUT2D eigenvalue weighted by molar-refractivity contribution is 7.92. The number of hydrogen-bond acceptors (Lipinski definition) is 4. The Morgan fingerprint density at radius 1 is 1.15 bits per heavy atom. The van der Waals surface area contributed by atoms with Gasteiger partial charge in [-0.3, -0.25) is 9.52 Å². The zero-order chi connectivity index (χ0) is 19.6. The zero-order valence-corrected chi connectivity index (χ0v) is 16.2. The lowest BCUT2D eigenvalue weighted by Crippen LogP contribution is -2.16. The van der Waals surface area contributed by atoms with Crippen LogP contribution in [0.2, 0.25) is 5.02 Å². The van der Waals surface area contributed by atoms with E-state index in [4.69, 9.17) is 11.6 Å². The van der Waals surface area contributed by atoms with E-state index < -0.39 is 15.9 Å². The summed E-state index contributed by atoms with van der Waals surface area (Å²) in [5.41, 5.74) is 2.49. The Morgan fingerprint density at radius 2 is 1.93 bits per heavy atom. The number of aryl methyl sites for hydroxylation is 1. The van der Waals surface area contributed by atoms with Gasteiger partial charge in [-0.25, -0.2) is 13.1 Å². The first-order valence-electron chi connectivity index (χ1n) is 7.92. The maximum atomic E-state index is 12.7. The fourth-order valence-electron chi connectivity index (χ4n) is 2.49. The molecule has 0 aliphatic rings. The molecule has 2 N–H and O–H groups in total. The molecule has 0 aliphatic heterocycles. The van der Waals surface area contributed by atoms with E-state index in [1.165, 1.54) is 6.07 Å². The lowest BCUT2D eigenvalue weighted by molar-refractivity contribution is 0.102. The van der Waals surface area contributed by atoms with Gasteiger partial charge in [0, 0.05) is 23.0 Å². The molecule has 0 atom stereocenters. The number of anilines is 2. The number of rotatable bonds is 5. The Labute approximate surface area is 162 Å². The molecule has 1 heterocycles. The first kappa shape index (κ1) is 18.9. The maximum Gasteiger partial charge on any atom is 0.255 e. The van der Waals surface area contributed by atoms with Crippen LogP contribution in [0.1, 0.15) is 15.9 Å². The van der Waals surface area contributed by atoms with Crippen LogP contribution in [0.15, 0.2) is 54.9 Å². The van der Waals surface area contributed by atoms with Crippen molar-refractivity contribution in [3.63, 3.8) is 0 Å². The Balaban J connectivity index is 1.93. The monoisotopic (exact) mass is 404 g/mol. The van der Waals surface area contributed by atoms with Crippen LogP contribution in [0.25, 0.3) is 5.69 Å². The summed E-state index contributed by atoms with van der Waals surface area (Å²) in [6.45, 7) is 1.75. The van der Waals surface area contributed by atoms with E-state index in [9.17, 15) is 13.2 Å². The second kappa shape index (κ2) is 7.42. The number of carbonyl (C=O) groups excluding carboxylic acids is 1. The van der Waals surface area contributed by atoms with Crippen molar-refractivity contribution in [1.82, 2.24) is 9.78 Å². The van der Waals surface area contributed by atoms with Crippen molar-refractivity contribution in [2.75, 3.05) is 16.3 Å². The molecule has 0 aliphatic carbocycles. The smallest absolute Gasteiger partial charge is 0.255 e. The van der Waals surface area contributed by atoms with Crippen molar-refractivity contribution in [2.24, 2.45) is 0 Å². The average Bonchev–Trinajstić information content (AvgIpc) is 3.10. The lowest BCUT2D eigenvalue weighted by atomic mass is 10.1. The number of hydrogen-bond donors (Lipinski definition) is 2. The number of sulfonamides is 1. The van der Waals surface area contributed by atoms with Crippen LogP contribution < -0.4 is 10.0 Å². The fourth-order valence-corrected chi connectivity index (χ4v) is 3.28. The molecule has 7 nitrogen and oxygen atoms in total. The normalized spacial score (nSPS) is 11.2. The van der Waals surface area contributed by atoms with Crippen molar-refractivity contribution in [2.45, 2.75) is 6.92 Å². The van der Waals surface area contributed by atoms with Gasteiger partial charge in [-0.2, -0.15) is 5.10 Å². The average molecular weight is 405 g/mol. The van der Waals surface area contributed by atoms with E-state index in [2.05, 4.69) is 15.1 Å². The van der Waals surface area contributed by atoms with Gasteiger partial charge >= 0.3 is 0 Å². The number of nitrogens with one attached hydrogen (secondary N) is 2. The lowest BCUT2D eigenvalue weighted by Gasteiger charge is -2.13. The summed E-state index contributed by atoms with van der Waals surface area (Å²) < 4.78 is 27.0. The molecule has 0 saturated carbocycles. The highest BCUT2D eigenvalue weighted by Crippen LogP contribution is 2.25. The third-order valence-electron chi connectivity index (χ3n) is 3.75. The molecule has 9 heteroatoms. The van der Waals surface area contributed by atoms with Crippen molar-refractivity contribution in [3.05, 3.63) is 71.0 Å². The van der Waals surface area contributed by atoms with E-state index in [1.807, 2.05) is 0 Å². The van der Waals surface area contributed by atoms with E-state index in [-0.39, 0.29) is 0 Å². The van der Waals surface area contributed by atoms with Gasteiger partial charge in [-0.15, -0.1) is 0 Å². The number of halogens is 1. The van der Waals surface area contributed by atoms with E-state index in [1.54, 1.807) is 60.4 Å². The molecule has 2 aromatic carbocycles. The highest BCUT2D eigenvalue weighted by atomic mass is 35.5. The standard InChI is InChI=1S/C18H17ClN4O3S/c1-12-4-5-13(10-15(12)22-27(2,25)26)18(24)21-16-11-14(19)6-7-17(16)23-9-3-8-20-23/h3-11,22H,1-2H3,(H,21,24). The van der Waals surface area contributed by atoms with Crippen molar-refractivity contribution >= 4 is 38.9 Å². The van der Waals surface area contributed by atoms with Crippen LogP contribution in [0.4, 0.5) is 11.4 Å². The predicted molar refractivity (Wildman–Crippen MR) is 106 cm³/mol. The van der Waals surface area contributed by atoms with E-state index >= 15 is 0 Å². The molecule has 0 bridgehead atoms. The van der Waals surface area contributed by atoms with E-state index in [0.29, 0.717) is 33.2 Å². The second-order valence-corrected chi connectivity index (χ2v) is 8.16. The summed E-state index contributed by atoms with van der Waals surface area (Å²) in [7, 11) is -3.45.